The summed E-state index contributed by atoms with van der Waals surface area (Å²) in [6.07, 6.45) is 8.91. The van der Waals surface area contributed by atoms with Gasteiger partial charge in [0.1, 0.15) is 6.10 Å². The van der Waals surface area contributed by atoms with Crippen LogP contribution < -0.4 is 0 Å². The topological polar surface area (TPSA) is 27.7 Å². The monoisotopic (exact) mass is 262 g/mol. The maximum Gasteiger partial charge on any atom is 0.165 e. The van der Waals surface area contributed by atoms with Gasteiger partial charge in [0.25, 0.3) is 0 Å². The molecule has 1 atom stereocenters. The molecule has 1 unspecified atom stereocenters. The van der Waals surface area contributed by atoms with Crippen molar-refractivity contribution in [3.63, 3.8) is 0 Å². The second-order valence-electron chi connectivity index (χ2n) is 4.70. The first-order chi connectivity index (χ1) is 8.14. The van der Waals surface area contributed by atoms with Crippen LogP contribution in [0.3, 0.4) is 0 Å². The number of rotatable bonds is 11. The molecule has 0 N–H and O–H groups in total. The Hall–Kier alpha value is 0.0969. The normalized spacial score (nSPS) is 14.1. The molecule has 0 spiro atoms. The largest absolute Gasteiger partial charge is 0.376 e. The number of ether oxygens (including phenoxy) is 3. The zero-order valence-electron chi connectivity index (χ0n) is 12.3. The van der Waals surface area contributed by atoms with Crippen LogP contribution in [0.25, 0.3) is 0 Å². The number of unbranched alkanes of at least 4 members (excludes halogenated alkanes) is 5. The van der Waals surface area contributed by atoms with E-state index in [-0.39, 0.29) is 6.10 Å². The van der Waals surface area contributed by atoms with Crippen molar-refractivity contribution in [3.8, 4) is 0 Å². The van der Waals surface area contributed by atoms with Gasteiger partial charge in [-0.1, -0.05) is 45.4 Å². The average molecular weight is 262 g/mol. The zero-order valence-corrected chi connectivity index (χ0v) is 14.3. The lowest BCUT2D eigenvalue weighted by Crippen LogP contribution is -2.47. The molecule has 0 aromatic carbocycles. The molecule has 0 rings (SSSR count). The molecule has 0 heterocycles. The predicted octanol–water partition coefficient (Wildman–Crippen LogP) is 2.06. The summed E-state index contributed by atoms with van der Waals surface area (Å²) in [4.78, 5) is 0. The first kappa shape index (κ1) is 17.1. The number of hydrogen-bond acceptors (Lipinski definition) is 3. The third-order valence-corrected chi connectivity index (χ3v) is 4.96. The lowest BCUT2D eigenvalue weighted by atomic mass is 10.1. The van der Waals surface area contributed by atoms with Crippen molar-refractivity contribution >= 4 is 10.2 Å². The van der Waals surface area contributed by atoms with Crippen molar-refractivity contribution < 1.29 is 14.2 Å². The Labute approximate surface area is 110 Å². The van der Waals surface area contributed by atoms with Gasteiger partial charge in [-0.15, -0.1) is 0 Å². The molecule has 0 aliphatic heterocycles. The fourth-order valence-electron chi connectivity index (χ4n) is 2.05. The Kier molecular flexibility index (Phi) is 10.1. The Morgan fingerprint density at radius 3 is 1.94 bits per heavy atom. The van der Waals surface area contributed by atoms with E-state index in [2.05, 4.69) is 6.92 Å². The number of hydrogen-bond donors (Lipinski definition) is 0. The van der Waals surface area contributed by atoms with E-state index < -0.39 is 5.41 Å². The minimum absolute atomic E-state index is 0.0651. The molecule has 4 heteroatoms. The van der Waals surface area contributed by atoms with Gasteiger partial charge in [0, 0.05) is 21.3 Å². The first-order valence-electron chi connectivity index (χ1n) is 6.77. The summed E-state index contributed by atoms with van der Waals surface area (Å²) in [6, 6.07) is 0. The van der Waals surface area contributed by atoms with Gasteiger partial charge in [-0.05, 0) is 6.42 Å². The first-order valence-corrected chi connectivity index (χ1v) is 7.77. The summed E-state index contributed by atoms with van der Waals surface area (Å²) in [5.74, 6) is 0. The summed E-state index contributed by atoms with van der Waals surface area (Å²) >= 11 is 0. The zero-order chi connectivity index (χ0) is 13.1. The van der Waals surface area contributed by atoms with Gasteiger partial charge in [-0.25, -0.2) is 0 Å². The van der Waals surface area contributed by atoms with Gasteiger partial charge in [0.05, 0.1) is 10.2 Å². The van der Waals surface area contributed by atoms with Gasteiger partial charge < -0.3 is 14.2 Å². The van der Waals surface area contributed by atoms with Crippen molar-refractivity contribution in [2.45, 2.75) is 63.4 Å². The lowest BCUT2D eigenvalue weighted by molar-refractivity contribution is -0.209. The third kappa shape index (κ3) is 6.55. The Morgan fingerprint density at radius 1 is 0.941 bits per heavy atom. The van der Waals surface area contributed by atoms with Crippen LogP contribution in [0.1, 0.15) is 51.9 Å². The van der Waals surface area contributed by atoms with Crippen LogP contribution in [0.15, 0.2) is 0 Å². The molecule has 0 aromatic heterocycles. The van der Waals surface area contributed by atoms with Crippen LogP contribution in [-0.4, -0.2) is 43.1 Å². The van der Waals surface area contributed by atoms with E-state index in [4.69, 9.17) is 14.2 Å². The van der Waals surface area contributed by atoms with E-state index in [0.717, 1.165) is 16.7 Å². The van der Waals surface area contributed by atoms with Crippen LogP contribution in [0, 0.1) is 0 Å². The summed E-state index contributed by atoms with van der Waals surface area (Å²) in [5, 5.41) is 0. The van der Waals surface area contributed by atoms with Gasteiger partial charge in [-0.3, -0.25) is 0 Å². The molecule has 3 nitrogen and oxygen atoms in total. The average Bonchev–Trinajstić information content (AvgIpc) is 2.37. The second kappa shape index (κ2) is 10.1. The third-order valence-electron chi connectivity index (χ3n) is 3.50. The van der Waals surface area contributed by atoms with Crippen molar-refractivity contribution in [2.75, 3.05) is 21.3 Å². The predicted molar refractivity (Wildman–Crippen MR) is 75.5 cm³/mol. The van der Waals surface area contributed by atoms with Crippen molar-refractivity contribution in [3.05, 3.63) is 0 Å². The molecule has 0 aliphatic carbocycles. The van der Waals surface area contributed by atoms with E-state index >= 15 is 0 Å². The molecule has 0 saturated heterocycles. The van der Waals surface area contributed by atoms with E-state index in [1.807, 2.05) is 0 Å². The van der Waals surface area contributed by atoms with Gasteiger partial charge in [-0.2, -0.15) is 0 Å². The highest BCUT2D eigenvalue weighted by Gasteiger charge is 2.33. The lowest BCUT2D eigenvalue weighted by Gasteiger charge is -2.34. The SMILES string of the molecule is CCCCCCCCC(OC)C([SiH3])(OC)OC. The quantitative estimate of drug-likeness (QED) is 0.324. The highest BCUT2D eigenvalue weighted by molar-refractivity contribution is 6.13. The molecule has 0 aromatic rings. The maximum atomic E-state index is 5.51. The standard InChI is InChI=1S/C13H30O3Si/c1-5-6-7-8-9-10-11-12(14-2)13(17,15-3)16-4/h12H,5-11H2,1-4,17H3. The highest BCUT2D eigenvalue weighted by Crippen LogP contribution is 2.21. The van der Waals surface area contributed by atoms with Crippen LogP contribution in [0.2, 0.25) is 0 Å². The van der Waals surface area contributed by atoms with Crippen LogP contribution in [0.4, 0.5) is 0 Å². The molecule has 17 heavy (non-hydrogen) atoms. The summed E-state index contributed by atoms with van der Waals surface area (Å²) in [7, 11) is 5.95. The molecule has 0 aliphatic rings. The van der Waals surface area contributed by atoms with E-state index in [0.29, 0.717) is 0 Å². The van der Waals surface area contributed by atoms with Gasteiger partial charge in [0.2, 0.25) is 0 Å². The minimum Gasteiger partial charge on any atom is -0.376 e. The fraction of sp³-hybridized carbons (Fsp3) is 1.00. The van der Waals surface area contributed by atoms with Crippen molar-refractivity contribution in [2.24, 2.45) is 0 Å². The summed E-state index contributed by atoms with van der Waals surface area (Å²) < 4.78 is 16.4. The fourth-order valence-corrected chi connectivity index (χ4v) is 2.57. The minimum atomic E-state index is -0.488. The summed E-state index contributed by atoms with van der Waals surface area (Å²) in [5.41, 5.74) is -0.488. The molecular weight excluding hydrogens is 232 g/mol. The van der Waals surface area contributed by atoms with E-state index in [1.54, 1.807) is 21.3 Å². The highest BCUT2D eigenvalue weighted by atomic mass is 28.1. The van der Waals surface area contributed by atoms with Crippen molar-refractivity contribution in [1.82, 2.24) is 0 Å². The molecule has 0 bridgehead atoms. The van der Waals surface area contributed by atoms with Gasteiger partial charge >= 0.3 is 0 Å². The maximum absolute atomic E-state index is 5.51. The molecular formula is C13H30O3Si. The van der Waals surface area contributed by atoms with Crippen molar-refractivity contribution in [1.29, 1.82) is 0 Å². The molecule has 0 amide bonds. The Morgan fingerprint density at radius 2 is 1.47 bits per heavy atom. The molecule has 0 radical (unpaired) electrons. The number of methoxy groups -OCH3 is 3. The van der Waals surface area contributed by atoms with E-state index in [1.165, 1.54) is 38.5 Å². The van der Waals surface area contributed by atoms with Gasteiger partial charge in [0.15, 0.2) is 5.41 Å². The Bertz CT molecular complexity index is 172. The van der Waals surface area contributed by atoms with Crippen LogP contribution >= 0.6 is 0 Å². The molecule has 0 saturated carbocycles. The van der Waals surface area contributed by atoms with E-state index in [9.17, 15) is 0 Å². The smallest absolute Gasteiger partial charge is 0.165 e. The summed E-state index contributed by atoms with van der Waals surface area (Å²) in [6.45, 7) is 2.24. The molecule has 104 valence electrons. The van der Waals surface area contributed by atoms with Crippen LogP contribution in [-0.2, 0) is 14.2 Å². The second-order valence-corrected chi connectivity index (χ2v) is 6.10. The molecule has 0 fully saturated rings. The Balaban J connectivity index is 3.82. The van der Waals surface area contributed by atoms with Crippen LogP contribution in [0.5, 0.6) is 0 Å².